The Morgan fingerprint density at radius 1 is 1.33 bits per heavy atom. The summed E-state index contributed by atoms with van der Waals surface area (Å²) in [5.41, 5.74) is 1.27. The molecule has 1 saturated carbocycles. The molecule has 1 heteroatoms. The fourth-order valence-corrected chi connectivity index (χ4v) is 2.47. The molecule has 0 aromatic heterocycles. The molecule has 12 heavy (non-hydrogen) atoms. The zero-order valence-electron chi connectivity index (χ0n) is 8.61. The molecule has 1 unspecified atom stereocenters. The first-order valence-electron chi connectivity index (χ1n) is 5.23. The number of hydrogen-bond donors (Lipinski definition) is 1. The highest BCUT2D eigenvalue weighted by molar-refractivity contribution is 5.03. The maximum atomic E-state index is 3.67. The first-order valence-corrected chi connectivity index (χ1v) is 5.23. The standard InChI is InChI=1S/C11H21N/c1-10(2,3)6-9-7-11(4-5-11)8-12-9/h9,12H,4-8H2,1-3H3. The highest BCUT2D eigenvalue weighted by Gasteiger charge is 2.48. The van der Waals surface area contributed by atoms with E-state index in [0.29, 0.717) is 5.41 Å². The van der Waals surface area contributed by atoms with Crippen LogP contribution in [-0.2, 0) is 0 Å². The zero-order valence-corrected chi connectivity index (χ0v) is 8.61. The van der Waals surface area contributed by atoms with Crippen molar-refractivity contribution in [2.45, 2.75) is 52.5 Å². The molecule has 0 amide bonds. The van der Waals surface area contributed by atoms with E-state index in [9.17, 15) is 0 Å². The van der Waals surface area contributed by atoms with Gasteiger partial charge >= 0.3 is 0 Å². The summed E-state index contributed by atoms with van der Waals surface area (Å²) in [6.45, 7) is 8.32. The highest BCUT2D eigenvalue weighted by atomic mass is 15.0. The van der Waals surface area contributed by atoms with E-state index in [2.05, 4.69) is 26.1 Å². The monoisotopic (exact) mass is 167 g/mol. The Bertz CT molecular complexity index is 174. The topological polar surface area (TPSA) is 12.0 Å². The van der Waals surface area contributed by atoms with Gasteiger partial charge in [-0.15, -0.1) is 0 Å². The molecule has 1 aliphatic carbocycles. The van der Waals surface area contributed by atoms with Gasteiger partial charge in [-0.2, -0.15) is 0 Å². The summed E-state index contributed by atoms with van der Waals surface area (Å²) in [5.74, 6) is 0. The predicted octanol–water partition coefficient (Wildman–Crippen LogP) is 2.56. The molecule has 0 bridgehead atoms. The molecule has 2 fully saturated rings. The lowest BCUT2D eigenvalue weighted by atomic mass is 9.86. The minimum Gasteiger partial charge on any atom is -0.313 e. The molecule has 1 atom stereocenters. The molecule has 1 heterocycles. The van der Waals surface area contributed by atoms with Crippen LogP contribution in [0.4, 0.5) is 0 Å². The van der Waals surface area contributed by atoms with Gasteiger partial charge in [0.15, 0.2) is 0 Å². The van der Waals surface area contributed by atoms with Crippen LogP contribution in [0.5, 0.6) is 0 Å². The van der Waals surface area contributed by atoms with Gasteiger partial charge in [-0.1, -0.05) is 20.8 Å². The summed E-state index contributed by atoms with van der Waals surface area (Å²) < 4.78 is 0. The Hall–Kier alpha value is -0.0400. The summed E-state index contributed by atoms with van der Waals surface area (Å²) in [5, 5.41) is 3.67. The molecule has 1 spiro atoms. The van der Waals surface area contributed by atoms with Crippen molar-refractivity contribution in [2.24, 2.45) is 10.8 Å². The van der Waals surface area contributed by atoms with Crippen molar-refractivity contribution >= 4 is 0 Å². The third kappa shape index (κ3) is 1.82. The van der Waals surface area contributed by atoms with E-state index in [1.807, 2.05) is 0 Å². The molecule has 1 aliphatic heterocycles. The molecule has 2 aliphatic rings. The van der Waals surface area contributed by atoms with Gasteiger partial charge in [-0.25, -0.2) is 0 Å². The summed E-state index contributed by atoms with van der Waals surface area (Å²) in [4.78, 5) is 0. The van der Waals surface area contributed by atoms with Gasteiger partial charge in [-0.05, 0) is 36.5 Å². The Kier molecular flexibility index (Phi) is 1.76. The summed E-state index contributed by atoms with van der Waals surface area (Å²) in [6, 6.07) is 0.812. The first kappa shape index (κ1) is 8.55. The summed E-state index contributed by atoms with van der Waals surface area (Å²) in [7, 11) is 0. The van der Waals surface area contributed by atoms with Crippen molar-refractivity contribution in [3.8, 4) is 0 Å². The largest absolute Gasteiger partial charge is 0.313 e. The van der Waals surface area contributed by atoms with E-state index in [1.54, 1.807) is 0 Å². The quantitative estimate of drug-likeness (QED) is 0.633. The van der Waals surface area contributed by atoms with Gasteiger partial charge in [0.05, 0.1) is 0 Å². The highest BCUT2D eigenvalue weighted by Crippen LogP contribution is 2.52. The zero-order chi connectivity index (χ0) is 8.82. The maximum absolute atomic E-state index is 3.67. The van der Waals surface area contributed by atoms with Crippen LogP contribution >= 0.6 is 0 Å². The molecule has 1 N–H and O–H groups in total. The molecule has 1 saturated heterocycles. The Balaban J connectivity index is 1.84. The van der Waals surface area contributed by atoms with Gasteiger partial charge in [0.2, 0.25) is 0 Å². The van der Waals surface area contributed by atoms with Crippen LogP contribution in [0.3, 0.4) is 0 Å². The second-order valence-electron chi connectivity index (χ2n) is 6.05. The third-order valence-corrected chi connectivity index (χ3v) is 3.26. The van der Waals surface area contributed by atoms with Gasteiger partial charge in [0, 0.05) is 12.6 Å². The molecule has 0 aromatic rings. The Morgan fingerprint density at radius 2 is 2.00 bits per heavy atom. The molecular formula is C11H21N. The fraction of sp³-hybridized carbons (Fsp3) is 1.00. The van der Waals surface area contributed by atoms with Crippen LogP contribution in [0, 0.1) is 10.8 Å². The third-order valence-electron chi connectivity index (χ3n) is 3.26. The lowest BCUT2D eigenvalue weighted by molar-refractivity contribution is 0.321. The summed E-state index contributed by atoms with van der Waals surface area (Å²) >= 11 is 0. The van der Waals surface area contributed by atoms with E-state index < -0.39 is 0 Å². The first-order chi connectivity index (χ1) is 5.49. The minimum atomic E-state index is 0.498. The van der Waals surface area contributed by atoms with Crippen LogP contribution in [0.2, 0.25) is 0 Å². The molecule has 70 valence electrons. The van der Waals surface area contributed by atoms with Crippen molar-refractivity contribution in [1.82, 2.24) is 5.32 Å². The Morgan fingerprint density at radius 3 is 2.42 bits per heavy atom. The second-order valence-corrected chi connectivity index (χ2v) is 6.05. The van der Waals surface area contributed by atoms with Gasteiger partial charge in [-0.3, -0.25) is 0 Å². The SMILES string of the molecule is CC(C)(C)CC1CC2(CC2)CN1. The van der Waals surface area contributed by atoms with Crippen LogP contribution in [-0.4, -0.2) is 12.6 Å². The average Bonchev–Trinajstić information content (AvgIpc) is 2.49. The van der Waals surface area contributed by atoms with E-state index in [1.165, 1.54) is 32.2 Å². The lowest BCUT2D eigenvalue weighted by Gasteiger charge is -2.22. The maximum Gasteiger partial charge on any atom is 0.00780 e. The lowest BCUT2D eigenvalue weighted by Crippen LogP contribution is -2.26. The molecule has 1 nitrogen and oxygen atoms in total. The van der Waals surface area contributed by atoms with E-state index in [4.69, 9.17) is 0 Å². The van der Waals surface area contributed by atoms with Crippen LogP contribution in [0.1, 0.15) is 46.5 Å². The minimum absolute atomic E-state index is 0.498. The van der Waals surface area contributed by atoms with Crippen molar-refractivity contribution in [3.05, 3.63) is 0 Å². The summed E-state index contributed by atoms with van der Waals surface area (Å²) in [6.07, 6.45) is 5.76. The number of rotatable bonds is 1. The molecular weight excluding hydrogens is 146 g/mol. The smallest absolute Gasteiger partial charge is 0.00780 e. The van der Waals surface area contributed by atoms with Crippen molar-refractivity contribution < 1.29 is 0 Å². The van der Waals surface area contributed by atoms with Gasteiger partial charge in [0.25, 0.3) is 0 Å². The normalized spacial score (nSPS) is 32.8. The van der Waals surface area contributed by atoms with Crippen molar-refractivity contribution in [1.29, 1.82) is 0 Å². The van der Waals surface area contributed by atoms with Crippen LogP contribution in [0.25, 0.3) is 0 Å². The van der Waals surface area contributed by atoms with E-state index in [0.717, 1.165) is 11.5 Å². The van der Waals surface area contributed by atoms with Gasteiger partial charge in [0.1, 0.15) is 0 Å². The number of hydrogen-bond acceptors (Lipinski definition) is 1. The van der Waals surface area contributed by atoms with E-state index in [-0.39, 0.29) is 0 Å². The fourth-order valence-electron chi connectivity index (χ4n) is 2.47. The number of nitrogens with one attached hydrogen (secondary N) is 1. The predicted molar refractivity (Wildman–Crippen MR) is 52.1 cm³/mol. The van der Waals surface area contributed by atoms with Crippen LogP contribution < -0.4 is 5.32 Å². The van der Waals surface area contributed by atoms with Crippen molar-refractivity contribution in [3.63, 3.8) is 0 Å². The van der Waals surface area contributed by atoms with Crippen molar-refractivity contribution in [2.75, 3.05) is 6.54 Å². The van der Waals surface area contributed by atoms with Crippen LogP contribution in [0.15, 0.2) is 0 Å². The van der Waals surface area contributed by atoms with Gasteiger partial charge < -0.3 is 5.32 Å². The average molecular weight is 167 g/mol. The molecule has 0 aromatic carbocycles. The second kappa shape index (κ2) is 2.47. The Labute approximate surface area is 75.9 Å². The molecule has 2 rings (SSSR count). The molecule has 0 radical (unpaired) electrons. The van der Waals surface area contributed by atoms with E-state index >= 15 is 0 Å².